The van der Waals surface area contributed by atoms with Gasteiger partial charge in [-0.15, -0.1) is 0 Å². The molecule has 1 fully saturated rings. The van der Waals surface area contributed by atoms with Crippen LogP contribution in [0.1, 0.15) is 32.3 Å². The summed E-state index contributed by atoms with van der Waals surface area (Å²) in [5, 5.41) is 6.90. The fraction of sp³-hybridized carbons (Fsp3) is 0.435. The highest BCUT2D eigenvalue weighted by molar-refractivity contribution is 5.80. The number of amides is 1. The molecule has 1 amide bonds. The molecule has 3 rings (SSSR count). The average molecular weight is 394 g/mol. The van der Waals surface area contributed by atoms with Gasteiger partial charge in [0.05, 0.1) is 5.69 Å². The third kappa shape index (κ3) is 5.79. The Morgan fingerprint density at radius 3 is 2.66 bits per heavy atom. The minimum Gasteiger partial charge on any atom is -0.354 e. The maximum atomic E-state index is 12.1. The van der Waals surface area contributed by atoms with Crippen LogP contribution in [-0.2, 0) is 11.3 Å². The second-order valence-corrected chi connectivity index (χ2v) is 7.74. The lowest BCUT2D eigenvalue weighted by Gasteiger charge is -2.34. The van der Waals surface area contributed by atoms with Gasteiger partial charge in [0.15, 0.2) is 5.96 Å². The number of hydrogen-bond donors (Lipinski definition) is 2. The van der Waals surface area contributed by atoms with Crippen LogP contribution >= 0.6 is 0 Å². The molecule has 2 N–H and O–H groups in total. The van der Waals surface area contributed by atoms with E-state index < -0.39 is 0 Å². The maximum Gasteiger partial charge on any atom is 0.225 e. The summed E-state index contributed by atoms with van der Waals surface area (Å²) in [6, 6.07) is 14.7. The summed E-state index contributed by atoms with van der Waals surface area (Å²) in [5.41, 5.74) is 3.25. The molecule has 0 saturated carbocycles. The molecule has 0 unspecified atom stereocenters. The molecule has 1 aromatic carbocycles. The second-order valence-electron chi connectivity index (χ2n) is 7.74. The van der Waals surface area contributed by atoms with Crippen LogP contribution in [0.2, 0.25) is 0 Å². The average Bonchev–Trinajstić information content (AvgIpc) is 2.77. The number of nitrogens with zero attached hydrogens (tertiary/aromatic N) is 3. The first-order valence-electron chi connectivity index (χ1n) is 10.3. The number of hydrogen-bond acceptors (Lipinski definition) is 3. The highest BCUT2D eigenvalue weighted by Crippen LogP contribution is 2.18. The number of carbonyl (C=O) groups is 1. The normalized spacial score (nSPS) is 15.4. The zero-order chi connectivity index (χ0) is 20.6. The van der Waals surface area contributed by atoms with Crippen molar-refractivity contribution in [1.29, 1.82) is 0 Å². The van der Waals surface area contributed by atoms with Crippen molar-refractivity contribution in [2.24, 2.45) is 10.9 Å². The molecular formula is C23H31N5O. The van der Waals surface area contributed by atoms with Crippen LogP contribution in [0.25, 0.3) is 11.3 Å². The lowest BCUT2D eigenvalue weighted by molar-refractivity contribution is -0.135. The Morgan fingerprint density at radius 1 is 1.21 bits per heavy atom. The number of piperidine rings is 1. The number of rotatable bonds is 5. The first-order valence-corrected chi connectivity index (χ1v) is 10.3. The molecule has 0 bridgehead atoms. The standard InChI is InChI=1S/C23H31N5O/c1-17(2)22(29)28-13-10-20(11-14-28)27-23(24-3)26-16-18-7-6-8-19(15-18)21-9-4-5-12-25-21/h4-9,12,15,17,20H,10-11,13-14,16H2,1-3H3,(H2,24,26,27). The van der Waals surface area contributed by atoms with Crippen molar-refractivity contribution in [2.75, 3.05) is 20.1 Å². The molecule has 154 valence electrons. The number of aromatic nitrogens is 1. The maximum absolute atomic E-state index is 12.1. The molecule has 2 heterocycles. The van der Waals surface area contributed by atoms with Crippen molar-refractivity contribution >= 4 is 11.9 Å². The molecule has 6 nitrogen and oxygen atoms in total. The summed E-state index contributed by atoms with van der Waals surface area (Å²) in [6.45, 7) is 6.21. The Hall–Kier alpha value is -2.89. The van der Waals surface area contributed by atoms with Crippen LogP contribution in [0.4, 0.5) is 0 Å². The summed E-state index contributed by atoms with van der Waals surface area (Å²) < 4.78 is 0. The second kappa shape index (κ2) is 10.0. The highest BCUT2D eigenvalue weighted by atomic mass is 16.2. The number of likely N-dealkylation sites (tertiary alicyclic amines) is 1. The lowest BCUT2D eigenvalue weighted by atomic mass is 10.0. The minimum atomic E-state index is 0.0655. The fourth-order valence-corrected chi connectivity index (χ4v) is 3.56. The van der Waals surface area contributed by atoms with E-state index in [1.807, 2.05) is 43.1 Å². The number of aliphatic imine (C=N–C) groups is 1. The molecule has 6 heteroatoms. The Bertz CT molecular complexity index is 826. The Labute approximate surface area is 173 Å². The van der Waals surface area contributed by atoms with Crippen molar-refractivity contribution in [2.45, 2.75) is 39.3 Å². The van der Waals surface area contributed by atoms with Crippen LogP contribution in [0, 0.1) is 5.92 Å². The van der Waals surface area contributed by atoms with Gasteiger partial charge in [-0.2, -0.15) is 0 Å². The van der Waals surface area contributed by atoms with E-state index in [4.69, 9.17) is 0 Å². The quantitative estimate of drug-likeness (QED) is 0.605. The highest BCUT2D eigenvalue weighted by Gasteiger charge is 2.24. The lowest BCUT2D eigenvalue weighted by Crippen LogP contribution is -2.50. The number of carbonyl (C=O) groups excluding carboxylic acids is 1. The molecule has 0 atom stereocenters. The van der Waals surface area contributed by atoms with Gasteiger partial charge in [-0.3, -0.25) is 14.8 Å². The number of pyridine rings is 1. The molecule has 0 aliphatic carbocycles. The largest absolute Gasteiger partial charge is 0.354 e. The molecule has 2 aromatic rings. The van der Waals surface area contributed by atoms with Crippen molar-refractivity contribution in [1.82, 2.24) is 20.5 Å². The predicted molar refractivity (Wildman–Crippen MR) is 117 cm³/mol. The van der Waals surface area contributed by atoms with E-state index in [9.17, 15) is 4.79 Å². The molecule has 1 aliphatic heterocycles. The van der Waals surface area contributed by atoms with Gasteiger partial charge >= 0.3 is 0 Å². The van der Waals surface area contributed by atoms with Crippen LogP contribution < -0.4 is 10.6 Å². The summed E-state index contributed by atoms with van der Waals surface area (Å²) >= 11 is 0. The van der Waals surface area contributed by atoms with Gasteiger partial charge in [0.2, 0.25) is 5.91 Å². The first kappa shape index (κ1) is 20.8. The molecule has 0 radical (unpaired) electrons. The number of nitrogens with one attached hydrogen (secondary N) is 2. The predicted octanol–water partition coefficient (Wildman–Crippen LogP) is 3.06. The molecule has 1 saturated heterocycles. The number of benzene rings is 1. The minimum absolute atomic E-state index is 0.0655. The third-order valence-corrected chi connectivity index (χ3v) is 5.21. The van der Waals surface area contributed by atoms with E-state index in [0.29, 0.717) is 12.6 Å². The fourth-order valence-electron chi connectivity index (χ4n) is 3.56. The first-order chi connectivity index (χ1) is 14.1. The van der Waals surface area contributed by atoms with E-state index in [0.717, 1.165) is 43.1 Å². The van der Waals surface area contributed by atoms with Gasteiger partial charge in [0.1, 0.15) is 0 Å². The van der Waals surface area contributed by atoms with Gasteiger partial charge in [-0.25, -0.2) is 0 Å². The summed E-state index contributed by atoms with van der Waals surface area (Å²) in [7, 11) is 1.79. The van der Waals surface area contributed by atoms with E-state index in [2.05, 4.69) is 44.9 Å². The Morgan fingerprint density at radius 2 is 2.00 bits per heavy atom. The van der Waals surface area contributed by atoms with Crippen molar-refractivity contribution in [3.05, 3.63) is 54.2 Å². The molecule has 0 spiro atoms. The smallest absolute Gasteiger partial charge is 0.225 e. The van der Waals surface area contributed by atoms with Crippen molar-refractivity contribution < 1.29 is 4.79 Å². The Kier molecular flexibility index (Phi) is 7.22. The molecule has 29 heavy (non-hydrogen) atoms. The van der Waals surface area contributed by atoms with Crippen molar-refractivity contribution in [3.8, 4) is 11.3 Å². The monoisotopic (exact) mass is 393 g/mol. The van der Waals surface area contributed by atoms with Crippen LogP contribution in [0.15, 0.2) is 53.7 Å². The van der Waals surface area contributed by atoms with E-state index in [1.54, 1.807) is 7.05 Å². The summed E-state index contributed by atoms with van der Waals surface area (Å²) in [4.78, 5) is 22.9. The van der Waals surface area contributed by atoms with E-state index in [-0.39, 0.29) is 11.8 Å². The molecular weight excluding hydrogens is 362 g/mol. The van der Waals surface area contributed by atoms with Gasteiger partial charge in [-0.05, 0) is 36.6 Å². The molecule has 1 aliphatic rings. The van der Waals surface area contributed by atoms with Crippen LogP contribution in [-0.4, -0.2) is 47.9 Å². The van der Waals surface area contributed by atoms with Gasteiger partial charge in [0.25, 0.3) is 0 Å². The van der Waals surface area contributed by atoms with Gasteiger partial charge in [-0.1, -0.05) is 38.1 Å². The third-order valence-electron chi connectivity index (χ3n) is 5.21. The Balaban J connectivity index is 1.51. The SMILES string of the molecule is CN=C(NCc1cccc(-c2ccccn2)c1)NC1CCN(C(=O)C(C)C)CC1. The topological polar surface area (TPSA) is 69.6 Å². The van der Waals surface area contributed by atoms with Crippen molar-refractivity contribution in [3.63, 3.8) is 0 Å². The van der Waals surface area contributed by atoms with E-state index in [1.165, 1.54) is 5.56 Å². The zero-order valence-corrected chi connectivity index (χ0v) is 17.6. The molecule has 1 aromatic heterocycles. The van der Waals surface area contributed by atoms with Gasteiger partial charge < -0.3 is 15.5 Å². The van der Waals surface area contributed by atoms with Gasteiger partial charge in [0, 0.05) is 50.4 Å². The summed E-state index contributed by atoms with van der Waals surface area (Å²) in [6.07, 6.45) is 3.69. The van der Waals surface area contributed by atoms with Crippen LogP contribution in [0.3, 0.4) is 0 Å². The summed E-state index contributed by atoms with van der Waals surface area (Å²) in [5.74, 6) is 1.11. The van der Waals surface area contributed by atoms with E-state index >= 15 is 0 Å². The van der Waals surface area contributed by atoms with Crippen LogP contribution in [0.5, 0.6) is 0 Å². The number of guanidine groups is 1. The zero-order valence-electron chi connectivity index (χ0n) is 17.6.